The zero-order chi connectivity index (χ0) is 27.6. The topological polar surface area (TPSA) is 128 Å². The van der Waals surface area contributed by atoms with Crippen LogP contribution in [0.4, 0.5) is 0 Å². The summed E-state index contributed by atoms with van der Waals surface area (Å²) in [5.74, 6) is -2.18. The number of fused-ring (bicyclic) bond motifs is 1. The summed E-state index contributed by atoms with van der Waals surface area (Å²) in [5.41, 5.74) is 0.794. The van der Waals surface area contributed by atoms with Crippen LogP contribution in [0.15, 0.2) is 30.3 Å². The Morgan fingerprint density at radius 2 is 1.72 bits per heavy atom. The summed E-state index contributed by atoms with van der Waals surface area (Å²) < 4.78 is 42.9. The molecule has 4 unspecified atom stereocenters. The van der Waals surface area contributed by atoms with Crippen molar-refractivity contribution >= 4 is 17.8 Å². The van der Waals surface area contributed by atoms with Gasteiger partial charge in [-0.15, -0.1) is 0 Å². The van der Waals surface area contributed by atoms with Crippen LogP contribution in [0, 0.1) is 0 Å². The molecule has 4 fully saturated rings. The number of carbonyl (C=O) groups is 3. The minimum absolute atomic E-state index is 0.129. The second-order valence-electron chi connectivity index (χ2n) is 10.6. The summed E-state index contributed by atoms with van der Waals surface area (Å²) in [4.78, 5) is 37.0. The first kappa shape index (κ1) is 28.0. The van der Waals surface area contributed by atoms with E-state index >= 15 is 0 Å². The van der Waals surface area contributed by atoms with E-state index in [0.717, 1.165) is 37.7 Å². The minimum Gasteiger partial charge on any atom is -0.457 e. The predicted octanol–water partition coefficient (Wildman–Crippen LogP) is 2.31. The first-order chi connectivity index (χ1) is 18.7. The predicted molar refractivity (Wildman–Crippen MR) is 134 cm³/mol. The van der Waals surface area contributed by atoms with E-state index < -0.39 is 66.7 Å². The lowest BCUT2D eigenvalue weighted by molar-refractivity contribution is -0.326. The second kappa shape index (κ2) is 11.9. The summed E-state index contributed by atoms with van der Waals surface area (Å²) in [6.45, 7) is 4.28. The number of esters is 2. The van der Waals surface area contributed by atoms with Crippen LogP contribution in [0.25, 0.3) is 0 Å². The van der Waals surface area contributed by atoms with Crippen molar-refractivity contribution in [3.63, 3.8) is 0 Å². The van der Waals surface area contributed by atoms with Crippen LogP contribution in [0.1, 0.15) is 64.7 Å². The molecule has 11 heteroatoms. The molecule has 8 atom stereocenters. The number of rotatable bonds is 6. The van der Waals surface area contributed by atoms with Crippen LogP contribution in [-0.2, 0) is 47.5 Å². The van der Waals surface area contributed by atoms with Gasteiger partial charge in [-0.05, 0) is 12.8 Å². The summed E-state index contributed by atoms with van der Waals surface area (Å²) in [5, 5.41) is 2.87. The summed E-state index contributed by atoms with van der Waals surface area (Å²) in [6.07, 6.45) is -1.06. The molecule has 0 radical (unpaired) electrons. The van der Waals surface area contributed by atoms with Crippen molar-refractivity contribution in [2.24, 2.45) is 0 Å². The number of benzene rings is 1. The van der Waals surface area contributed by atoms with Gasteiger partial charge in [0.25, 0.3) is 0 Å². The maximum atomic E-state index is 12.4. The van der Waals surface area contributed by atoms with Gasteiger partial charge >= 0.3 is 11.9 Å². The van der Waals surface area contributed by atoms with E-state index in [-0.39, 0.29) is 19.1 Å². The molecule has 3 aliphatic heterocycles. The molecule has 1 N–H and O–H groups in total. The van der Waals surface area contributed by atoms with Crippen molar-refractivity contribution < 1.29 is 47.5 Å². The highest BCUT2D eigenvalue weighted by molar-refractivity contribution is 5.73. The third kappa shape index (κ3) is 6.28. The Morgan fingerprint density at radius 3 is 2.38 bits per heavy atom. The van der Waals surface area contributed by atoms with Gasteiger partial charge in [0.05, 0.1) is 19.3 Å². The number of nitrogens with one attached hydrogen (secondary N) is 1. The molecular weight excluding hydrogens is 510 g/mol. The van der Waals surface area contributed by atoms with Gasteiger partial charge < -0.3 is 38.5 Å². The lowest BCUT2D eigenvalue weighted by Crippen LogP contribution is -2.70. The van der Waals surface area contributed by atoms with Crippen LogP contribution in [0.3, 0.4) is 0 Å². The standard InChI is InChI=1S/C28H37NO10/c1-16(30)29-22-25(36-18(3)32)23-20(14-33-27(38-23)19-10-6-4-7-11-19)37-26(22)24(35-17(2)31)21-15-34-28(39-21)12-8-5-9-13-28/h4,6-7,10-11,20-27H,5,8-9,12-15H2,1-3H3,(H,29,30)/t20?,21-,22?,23-,24-,25?,26-,27?/m1/s1. The molecule has 0 bridgehead atoms. The fourth-order valence-corrected chi connectivity index (χ4v) is 6.07. The third-order valence-corrected chi connectivity index (χ3v) is 7.65. The van der Waals surface area contributed by atoms with Crippen LogP contribution in [0.5, 0.6) is 0 Å². The summed E-state index contributed by atoms with van der Waals surface area (Å²) in [7, 11) is 0. The van der Waals surface area contributed by atoms with Gasteiger partial charge in [-0.25, -0.2) is 0 Å². The molecular formula is C28H37NO10. The minimum atomic E-state index is -0.952. The molecule has 3 saturated heterocycles. The smallest absolute Gasteiger partial charge is 0.303 e. The molecule has 214 valence electrons. The number of amides is 1. The van der Waals surface area contributed by atoms with E-state index in [1.165, 1.54) is 20.8 Å². The zero-order valence-electron chi connectivity index (χ0n) is 22.5. The monoisotopic (exact) mass is 547 g/mol. The van der Waals surface area contributed by atoms with Crippen LogP contribution < -0.4 is 5.32 Å². The fraction of sp³-hybridized carbons (Fsp3) is 0.679. The Hall–Kier alpha value is -2.57. The molecule has 5 rings (SSSR count). The molecule has 1 aromatic carbocycles. The Labute approximate surface area is 227 Å². The highest BCUT2D eigenvalue weighted by Gasteiger charge is 2.57. The van der Waals surface area contributed by atoms with Crippen LogP contribution in [-0.4, -0.2) is 79.5 Å². The highest BCUT2D eigenvalue weighted by Crippen LogP contribution is 2.42. The maximum absolute atomic E-state index is 12.4. The maximum Gasteiger partial charge on any atom is 0.303 e. The quantitative estimate of drug-likeness (QED) is 0.530. The Bertz CT molecular complexity index is 1030. The van der Waals surface area contributed by atoms with Gasteiger partial charge in [-0.2, -0.15) is 0 Å². The van der Waals surface area contributed by atoms with E-state index in [2.05, 4.69) is 5.32 Å². The Kier molecular flexibility index (Phi) is 8.53. The average Bonchev–Trinajstić information content (AvgIpc) is 3.31. The molecule has 39 heavy (non-hydrogen) atoms. The van der Waals surface area contributed by atoms with Crippen molar-refractivity contribution in [2.75, 3.05) is 13.2 Å². The Balaban J connectivity index is 1.45. The van der Waals surface area contributed by atoms with E-state index in [4.69, 9.17) is 33.2 Å². The first-order valence-corrected chi connectivity index (χ1v) is 13.7. The molecule has 4 aliphatic rings. The molecule has 0 aromatic heterocycles. The van der Waals surface area contributed by atoms with E-state index in [9.17, 15) is 14.4 Å². The number of hydrogen-bond acceptors (Lipinski definition) is 10. The van der Waals surface area contributed by atoms with Gasteiger partial charge in [0.15, 0.2) is 24.3 Å². The van der Waals surface area contributed by atoms with Crippen molar-refractivity contribution in [1.29, 1.82) is 0 Å². The first-order valence-electron chi connectivity index (χ1n) is 13.7. The largest absolute Gasteiger partial charge is 0.457 e. The fourth-order valence-electron chi connectivity index (χ4n) is 6.07. The average molecular weight is 548 g/mol. The highest BCUT2D eigenvalue weighted by atomic mass is 16.8. The van der Waals surface area contributed by atoms with Gasteiger partial charge in [0.1, 0.15) is 24.4 Å². The zero-order valence-corrected chi connectivity index (χ0v) is 22.5. The molecule has 11 nitrogen and oxygen atoms in total. The van der Waals surface area contributed by atoms with Gasteiger partial charge in [-0.3, -0.25) is 14.4 Å². The summed E-state index contributed by atoms with van der Waals surface area (Å²) in [6, 6.07) is 8.48. The van der Waals surface area contributed by atoms with Crippen molar-refractivity contribution in [2.45, 2.75) is 108 Å². The van der Waals surface area contributed by atoms with Gasteiger partial charge in [-0.1, -0.05) is 36.8 Å². The molecule has 1 amide bonds. The normalized spacial score (nSPS) is 34.5. The van der Waals surface area contributed by atoms with Gasteiger partial charge in [0, 0.05) is 39.2 Å². The Morgan fingerprint density at radius 1 is 0.974 bits per heavy atom. The van der Waals surface area contributed by atoms with E-state index in [0.29, 0.717) is 0 Å². The SMILES string of the molecule is CC(=O)NC1C(OC(C)=O)[C@@H]2OC(c3ccccc3)OCC2O[C@H]1[C@H](OC(C)=O)[C@H]1COC2(CCCCC2)O1. The number of carbonyl (C=O) groups excluding carboxylic acids is 3. The van der Waals surface area contributed by atoms with Gasteiger partial charge in [0.2, 0.25) is 5.91 Å². The van der Waals surface area contributed by atoms with Crippen molar-refractivity contribution in [1.82, 2.24) is 5.32 Å². The molecule has 1 aliphatic carbocycles. The molecule has 3 heterocycles. The third-order valence-electron chi connectivity index (χ3n) is 7.65. The molecule has 1 aromatic rings. The number of ether oxygens (including phenoxy) is 7. The van der Waals surface area contributed by atoms with Crippen LogP contribution in [0.2, 0.25) is 0 Å². The molecule has 1 spiro atoms. The van der Waals surface area contributed by atoms with E-state index in [1.807, 2.05) is 30.3 Å². The number of hydrogen-bond donors (Lipinski definition) is 1. The summed E-state index contributed by atoms with van der Waals surface area (Å²) >= 11 is 0. The lowest BCUT2D eigenvalue weighted by Gasteiger charge is -2.50. The van der Waals surface area contributed by atoms with Crippen molar-refractivity contribution in [3.8, 4) is 0 Å². The van der Waals surface area contributed by atoms with Crippen LogP contribution >= 0.6 is 0 Å². The lowest BCUT2D eigenvalue weighted by atomic mass is 9.87. The van der Waals surface area contributed by atoms with Crippen molar-refractivity contribution in [3.05, 3.63) is 35.9 Å². The molecule has 1 saturated carbocycles. The second-order valence-corrected chi connectivity index (χ2v) is 10.6. The van der Waals surface area contributed by atoms with E-state index in [1.54, 1.807) is 0 Å².